The number of carbonyl (C=O) groups is 2. The number of hydrogen-bond donors (Lipinski definition) is 2. The third kappa shape index (κ3) is 2.19. The average molecular weight is 241 g/mol. The zero-order valence-electron chi connectivity index (χ0n) is 8.64. The quantitative estimate of drug-likeness (QED) is 0.811. The van der Waals surface area contributed by atoms with E-state index in [2.05, 4.69) is 15.5 Å². The Morgan fingerprint density at radius 3 is 2.75 bits per heavy atom. The Balaban J connectivity index is 1.91. The molecular formula is C9H11N3O3S. The van der Waals surface area contributed by atoms with Crippen LogP contribution in [0.25, 0.3) is 0 Å². The molecule has 0 aliphatic heterocycles. The number of aryl methyl sites for hydroxylation is 1. The Morgan fingerprint density at radius 2 is 2.25 bits per heavy atom. The van der Waals surface area contributed by atoms with Crippen LogP contribution in [-0.2, 0) is 16.0 Å². The Bertz CT molecular complexity index is 431. The fourth-order valence-corrected chi connectivity index (χ4v) is 2.09. The van der Waals surface area contributed by atoms with Gasteiger partial charge in [-0.3, -0.25) is 9.59 Å². The molecule has 2 atom stereocenters. The summed E-state index contributed by atoms with van der Waals surface area (Å²) < 4.78 is 0. The van der Waals surface area contributed by atoms with Crippen LogP contribution in [0.3, 0.4) is 0 Å². The highest BCUT2D eigenvalue weighted by Crippen LogP contribution is 2.39. The monoisotopic (exact) mass is 241 g/mol. The molecule has 1 aliphatic carbocycles. The minimum absolute atomic E-state index is 0.272. The summed E-state index contributed by atoms with van der Waals surface area (Å²) in [7, 11) is 0. The van der Waals surface area contributed by atoms with Gasteiger partial charge in [0.1, 0.15) is 5.01 Å². The van der Waals surface area contributed by atoms with E-state index in [9.17, 15) is 9.59 Å². The first-order chi connectivity index (χ1) is 7.61. The van der Waals surface area contributed by atoms with Crippen molar-refractivity contribution in [2.24, 2.45) is 11.8 Å². The lowest BCUT2D eigenvalue weighted by molar-refractivity contribution is -0.139. The number of hydrogen-bond acceptors (Lipinski definition) is 5. The van der Waals surface area contributed by atoms with Gasteiger partial charge in [-0.1, -0.05) is 18.3 Å². The molecule has 2 rings (SSSR count). The predicted octanol–water partition coefficient (Wildman–Crippen LogP) is 0.760. The van der Waals surface area contributed by atoms with Crippen LogP contribution in [0.2, 0.25) is 0 Å². The number of rotatable bonds is 4. The molecule has 1 amide bonds. The molecule has 0 spiro atoms. The van der Waals surface area contributed by atoms with Crippen LogP contribution in [0.1, 0.15) is 18.4 Å². The Morgan fingerprint density at radius 1 is 1.50 bits per heavy atom. The summed E-state index contributed by atoms with van der Waals surface area (Å²) in [6.45, 7) is 1.95. The van der Waals surface area contributed by atoms with Gasteiger partial charge in [-0.25, -0.2) is 0 Å². The second-order valence-electron chi connectivity index (χ2n) is 3.63. The average Bonchev–Trinajstić information content (AvgIpc) is 2.94. The minimum atomic E-state index is -0.910. The number of aromatic nitrogens is 2. The van der Waals surface area contributed by atoms with Gasteiger partial charge in [0, 0.05) is 0 Å². The fraction of sp³-hybridized carbons (Fsp3) is 0.556. The van der Waals surface area contributed by atoms with Crippen molar-refractivity contribution in [1.82, 2.24) is 10.2 Å². The molecule has 1 aliphatic rings. The smallest absolute Gasteiger partial charge is 0.307 e. The molecule has 86 valence electrons. The number of nitrogens with zero attached hydrogens (tertiary/aromatic N) is 2. The second-order valence-corrected chi connectivity index (χ2v) is 4.69. The van der Waals surface area contributed by atoms with Crippen LogP contribution in [-0.4, -0.2) is 27.2 Å². The number of carboxylic acid groups (broad SMARTS) is 1. The number of amides is 1. The van der Waals surface area contributed by atoms with Crippen molar-refractivity contribution in [3.05, 3.63) is 5.01 Å². The van der Waals surface area contributed by atoms with Crippen LogP contribution in [0.4, 0.5) is 5.13 Å². The van der Waals surface area contributed by atoms with Crippen molar-refractivity contribution in [2.45, 2.75) is 19.8 Å². The SMILES string of the molecule is CCc1nnc(NC(=O)[C@H]2C[C@@H]2C(=O)O)s1. The third-order valence-electron chi connectivity index (χ3n) is 2.44. The van der Waals surface area contributed by atoms with Crippen molar-refractivity contribution < 1.29 is 14.7 Å². The first-order valence-corrected chi connectivity index (χ1v) is 5.79. The van der Waals surface area contributed by atoms with Gasteiger partial charge in [0.25, 0.3) is 0 Å². The van der Waals surface area contributed by atoms with Crippen LogP contribution in [0.5, 0.6) is 0 Å². The van der Waals surface area contributed by atoms with E-state index in [-0.39, 0.29) is 5.91 Å². The van der Waals surface area contributed by atoms with Crippen molar-refractivity contribution in [1.29, 1.82) is 0 Å². The third-order valence-corrected chi connectivity index (χ3v) is 3.43. The van der Waals surface area contributed by atoms with E-state index in [1.54, 1.807) is 0 Å². The van der Waals surface area contributed by atoms with Crippen molar-refractivity contribution >= 4 is 28.3 Å². The van der Waals surface area contributed by atoms with Crippen LogP contribution in [0, 0.1) is 11.8 Å². The topological polar surface area (TPSA) is 92.2 Å². The van der Waals surface area contributed by atoms with Crippen molar-refractivity contribution in [3.63, 3.8) is 0 Å². The summed E-state index contributed by atoms with van der Waals surface area (Å²) in [6.07, 6.45) is 1.19. The van der Waals surface area contributed by atoms with Gasteiger partial charge < -0.3 is 10.4 Å². The molecule has 1 aromatic heterocycles. The first kappa shape index (κ1) is 11.0. The Labute approximate surface area is 95.7 Å². The van der Waals surface area contributed by atoms with Crippen LogP contribution in [0.15, 0.2) is 0 Å². The summed E-state index contributed by atoms with van der Waals surface area (Å²) in [4.78, 5) is 22.1. The first-order valence-electron chi connectivity index (χ1n) is 4.98. The number of aliphatic carboxylic acids is 1. The number of carbonyl (C=O) groups excluding carboxylic acids is 1. The number of anilines is 1. The predicted molar refractivity (Wildman–Crippen MR) is 57.1 cm³/mol. The zero-order valence-corrected chi connectivity index (χ0v) is 9.45. The lowest BCUT2D eigenvalue weighted by Gasteiger charge is -1.97. The maximum Gasteiger partial charge on any atom is 0.307 e. The van der Waals surface area contributed by atoms with Gasteiger partial charge in [0.05, 0.1) is 11.8 Å². The summed E-state index contributed by atoms with van der Waals surface area (Å²) in [5.74, 6) is -2.12. The van der Waals surface area contributed by atoms with E-state index in [1.807, 2.05) is 6.92 Å². The van der Waals surface area contributed by atoms with E-state index in [0.717, 1.165) is 11.4 Å². The molecule has 1 aromatic rings. The molecule has 1 saturated carbocycles. The van der Waals surface area contributed by atoms with Gasteiger partial charge >= 0.3 is 5.97 Å². The normalized spacial score (nSPS) is 22.8. The second kappa shape index (κ2) is 4.17. The highest BCUT2D eigenvalue weighted by Gasteiger charge is 2.48. The molecule has 0 unspecified atom stereocenters. The van der Waals surface area contributed by atoms with Gasteiger partial charge in [-0.2, -0.15) is 0 Å². The van der Waals surface area contributed by atoms with Gasteiger partial charge in [0.2, 0.25) is 11.0 Å². The number of nitrogens with one attached hydrogen (secondary N) is 1. The zero-order chi connectivity index (χ0) is 11.7. The Kier molecular flexibility index (Phi) is 2.86. The number of carboxylic acids is 1. The molecule has 16 heavy (non-hydrogen) atoms. The molecule has 1 fully saturated rings. The van der Waals surface area contributed by atoms with E-state index < -0.39 is 17.8 Å². The largest absolute Gasteiger partial charge is 0.481 e. The van der Waals surface area contributed by atoms with Crippen LogP contribution < -0.4 is 5.32 Å². The summed E-state index contributed by atoms with van der Waals surface area (Å²) in [5.41, 5.74) is 0. The van der Waals surface area contributed by atoms with Gasteiger partial charge in [-0.15, -0.1) is 10.2 Å². The molecule has 0 bridgehead atoms. The summed E-state index contributed by atoms with van der Waals surface area (Å²) in [5, 5.41) is 20.2. The van der Waals surface area contributed by atoms with E-state index >= 15 is 0 Å². The van der Waals surface area contributed by atoms with E-state index in [4.69, 9.17) is 5.11 Å². The molecule has 0 saturated heterocycles. The molecular weight excluding hydrogens is 230 g/mol. The fourth-order valence-electron chi connectivity index (χ4n) is 1.40. The lowest BCUT2D eigenvalue weighted by Crippen LogP contribution is -2.16. The van der Waals surface area contributed by atoms with E-state index in [1.165, 1.54) is 11.3 Å². The van der Waals surface area contributed by atoms with Crippen molar-refractivity contribution in [2.75, 3.05) is 5.32 Å². The maximum atomic E-state index is 11.6. The molecule has 6 nitrogen and oxygen atoms in total. The van der Waals surface area contributed by atoms with E-state index in [0.29, 0.717) is 11.6 Å². The molecule has 1 heterocycles. The highest BCUT2D eigenvalue weighted by atomic mass is 32.1. The standard InChI is InChI=1S/C9H11N3O3S/c1-2-6-11-12-9(16-6)10-7(13)4-3-5(4)8(14)15/h4-5H,2-3H2,1H3,(H,14,15)(H,10,12,13)/t4-,5-/m0/s1. The summed E-state index contributed by atoms with van der Waals surface area (Å²) in [6, 6.07) is 0. The summed E-state index contributed by atoms with van der Waals surface area (Å²) >= 11 is 1.31. The highest BCUT2D eigenvalue weighted by molar-refractivity contribution is 7.15. The minimum Gasteiger partial charge on any atom is -0.481 e. The van der Waals surface area contributed by atoms with Crippen LogP contribution >= 0.6 is 11.3 Å². The molecule has 2 N–H and O–H groups in total. The molecule has 0 radical (unpaired) electrons. The Hall–Kier alpha value is -1.50. The molecule has 0 aromatic carbocycles. The molecule has 7 heteroatoms. The van der Waals surface area contributed by atoms with Gasteiger partial charge in [0.15, 0.2) is 0 Å². The maximum absolute atomic E-state index is 11.6. The van der Waals surface area contributed by atoms with Gasteiger partial charge in [-0.05, 0) is 12.8 Å². The van der Waals surface area contributed by atoms with Crippen molar-refractivity contribution in [3.8, 4) is 0 Å². The lowest BCUT2D eigenvalue weighted by atomic mass is 10.3.